The highest BCUT2D eigenvalue weighted by atomic mass is 19.1. The monoisotopic (exact) mass is 796 g/mol. The minimum Gasteiger partial charge on any atom is -0.207 e. The first-order valence-electron chi connectivity index (χ1n) is 21.3. The fourth-order valence-corrected chi connectivity index (χ4v) is 10.2. The topological polar surface area (TPSA) is 0 Å². The van der Waals surface area contributed by atoms with Gasteiger partial charge in [0.2, 0.25) is 0 Å². The number of rotatable bonds is 5. The highest BCUT2D eigenvalue weighted by molar-refractivity contribution is 6.21. The van der Waals surface area contributed by atoms with E-state index in [1.54, 1.807) is 0 Å². The van der Waals surface area contributed by atoms with Gasteiger partial charge in [-0.3, -0.25) is 0 Å². The number of hydrogen-bond donors (Lipinski definition) is 0. The van der Waals surface area contributed by atoms with Crippen LogP contribution in [0.2, 0.25) is 0 Å². The summed E-state index contributed by atoms with van der Waals surface area (Å²) in [6.07, 6.45) is 6.66. The Morgan fingerprint density at radius 3 is 1.37 bits per heavy atom. The van der Waals surface area contributed by atoms with Crippen molar-refractivity contribution < 1.29 is 8.78 Å². The van der Waals surface area contributed by atoms with Crippen LogP contribution in [-0.4, -0.2) is 0 Å². The van der Waals surface area contributed by atoms with E-state index in [2.05, 4.69) is 164 Å². The Bertz CT molecular complexity index is 3570. The molecule has 0 radical (unpaired) electrons. The number of hydrogen-bond acceptors (Lipinski definition) is 0. The lowest BCUT2D eigenvalue weighted by Crippen LogP contribution is -2.03. The van der Waals surface area contributed by atoms with Crippen molar-refractivity contribution in [2.45, 2.75) is 12.8 Å². The summed E-state index contributed by atoms with van der Waals surface area (Å²) < 4.78 is 29.3. The van der Waals surface area contributed by atoms with Gasteiger partial charge in [-0.2, -0.15) is 0 Å². The fraction of sp³-hybridized carbons (Fsp3) is 0.0333. The van der Waals surface area contributed by atoms with Gasteiger partial charge in [0.05, 0.1) is 0 Å². The SMILES string of the molecule is Fc1cc(F)cc(-c2c3ccccc3c(-c3ccc(-c4ccc5c(-c6ccc7ccccc7c6)c6c(c(-c7ccc8ccccc8c7)c5c4)CCC=C6)cc3)c3ccccc23)c1. The van der Waals surface area contributed by atoms with Crippen molar-refractivity contribution >= 4 is 59.9 Å². The van der Waals surface area contributed by atoms with Gasteiger partial charge in [0.15, 0.2) is 0 Å². The summed E-state index contributed by atoms with van der Waals surface area (Å²) in [5, 5.41) is 11.4. The second-order valence-corrected chi connectivity index (χ2v) is 16.5. The third-order valence-corrected chi connectivity index (χ3v) is 13.0. The van der Waals surface area contributed by atoms with Gasteiger partial charge in [-0.15, -0.1) is 0 Å². The van der Waals surface area contributed by atoms with E-state index in [0.29, 0.717) is 5.56 Å². The number of allylic oxidation sites excluding steroid dienone is 1. The summed E-state index contributed by atoms with van der Waals surface area (Å²) in [5.74, 6) is -1.18. The standard InChI is InChI=1S/C60H38F2/c61-47-33-46(34-48(62)36-47)60-53-19-9-5-15-49(53)57(50-16-6-10-20-54(50)60)40-25-21-39(22-26-40)43-29-30-55-56(35-43)59(45-28-24-38-12-2-4-14-42(38)32-45)52-18-8-7-17-51(52)58(55)44-27-23-37-11-1-3-13-41(37)31-44/h1-7,9-17,19-36H,8,18H2. The van der Waals surface area contributed by atoms with E-state index in [0.717, 1.165) is 68.3 Å². The molecule has 1 aliphatic rings. The van der Waals surface area contributed by atoms with Gasteiger partial charge < -0.3 is 0 Å². The van der Waals surface area contributed by atoms with Gasteiger partial charge in [0, 0.05) is 6.07 Å². The van der Waals surface area contributed by atoms with E-state index >= 15 is 0 Å². The highest BCUT2D eigenvalue weighted by Crippen LogP contribution is 2.48. The molecule has 0 aliphatic heterocycles. The molecule has 0 N–H and O–H groups in total. The average molecular weight is 797 g/mol. The average Bonchev–Trinajstić information content (AvgIpc) is 3.31. The molecule has 11 aromatic rings. The zero-order valence-electron chi connectivity index (χ0n) is 33.8. The van der Waals surface area contributed by atoms with Crippen LogP contribution in [0.3, 0.4) is 0 Å². The Labute approximate surface area is 358 Å². The van der Waals surface area contributed by atoms with Crippen LogP contribution >= 0.6 is 0 Å². The minimum atomic E-state index is -0.590. The maximum atomic E-state index is 14.7. The number of benzene rings is 11. The Balaban J connectivity index is 1.06. The van der Waals surface area contributed by atoms with E-state index in [4.69, 9.17) is 0 Å². The third kappa shape index (κ3) is 5.94. The molecular formula is C60H38F2. The summed E-state index contributed by atoms with van der Waals surface area (Å²) in [5.41, 5.74) is 13.6. The molecule has 0 spiro atoms. The van der Waals surface area contributed by atoms with E-state index in [1.807, 2.05) is 24.3 Å². The van der Waals surface area contributed by atoms with Crippen molar-refractivity contribution in [3.63, 3.8) is 0 Å². The molecule has 1 aliphatic carbocycles. The molecule has 0 unspecified atom stereocenters. The normalized spacial score (nSPS) is 12.5. The molecule has 0 fully saturated rings. The van der Waals surface area contributed by atoms with Gasteiger partial charge in [0.1, 0.15) is 11.6 Å². The smallest absolute Gasteiger partial charge is 0.126 e. The lowest BCUT2D eigenvalue weighted by Gasteiger charge is -2.24. The summed E-state index contributed by atoms with van der Waals surface area (Å²) in [7, 11) is 0. The van der Waals surface area contributed by atoms with Crippen molar-refractivity contribution in [3.05, 3.63) is 223 Å². The zero-order valence-corrected chi connectivity index (χ0v) is 33.8. The van der Waals surface area contributed by atoms with Crippen LogP contribution in [0.25, 0.3) is 116 Å². The molecule has 11 aromatic carbocycles. The zero-order chi connectivity index (χ0) is 41.3. The molecule has 0 bridgehead atoms. The highest BCUT2D eigenvalue weighted by Gasteiger charge is 2.23. The van der Waals surface area contributed by atoms with Crippen LogP contribution in [0, 0.1) is 11.6 Å². The van der Waals surface area contributed by atoms with Crippen molar-refractivity contribution in [2.75, 3.05) is 0 Å². The minimum absolute atomic E-state index is 0.525. The first-order valence-corrected chi connectivity index (χ1v) is 21.3. The van der Waals surface area contributed by atoms with Gasteiger partial charge in [-0.1, -0.05) is 170 Å². The molecule has 0 heterocycles. The Morgan fingerprint density at radius 1 is 0.306 bits per heavy atom. The molecule has 62 heavy (non-hydrogen) atoms. The molecular weight excluding hydrogens is 759 g/mol. The molecule has 0 amide bonds. The van der Waals surface area contributed by atoms with Crippen LogP contribution in [-0.2, 0) is 6.42 Å². The summed E-state index contributed by atoms with van der Waals surface area (Å²) in [4.78, 5) is 0. The predicted molar refractivity (Wildman–Crippen MR) is 258 cm³/mol. The lowest BCUT2D eigenvalue weighted by atomic mass is 9.79. The van der Waals surface area contributed by atoms with Crippen LogP contribution in [0.15, 0.2) is 200 Å². The summed E-state index contributed by atoms with van der Waals surface area (Å²) >= 11 is 0. The molecule has 0 atom stereocenters. The van der Waals surface area contributed by atoms with Gasteiger partial charge in [0.25, 0.3) is 0 Å². The quantitative estimate of drug-likeness (QED) is 0.152. The first kappa shape index (κ1) is 36.2. The van der Waals surface area contributed by atoms with Crippen molar-refractivity contribution in [1.82, 2.24) is 0 Å². The van der Waals surface area contributed by atoms with Crippen molar-refractivity contribution in [3.8, 4) is 55.6 Å². The molecule has 292 valence electrons. The summed E-state index contributed by atoms with van der Waals surface area (Å²) in [6.45, 7) is 0. The van der Waals surface area contributed by atoms with Crippen LogP contribution in [0.5, 0.6) is 0 Å². The molecule has 0 saturated heterocycles. The van der Waals surface area contributed by atoms with E-state index < -0.39 is 11.6 Å². The maximum absolute atomic E-state index is 14.7. The predicted octanol–water partition coefficient (Wildman–Crippen LogP) is 17.0. The van der Waals surface area contributed by atoms with Gasteiger partial charge >= 0.3 is 0 Å². The van der Waals surface area contributed by atoms with E-state index in [1.165, 1.54) is 77.8 Å². The maximum Gasteiger partial charge on any atom is 0.126 e. The largest absolute Gasteiger partial charge is 0.207 e. The Hall–Kier alpha value is -7.68. The number of fused-ring (bicyclic) bond motifs is 6. The van der Waals surface area contributed by atoms with Crippen LogP contribution in [0.1, 0.15) is 17.5 Å². The number of halogens is 2. The Kier molecular flexibility index (Phi) is 8.47. The molecule has 0 saturated carbocycles. The summed E-state index contributed by atoms with van der Waals surface area (Å²) in [6, 6.07) is 67.2. The molecule has 12 rings (SSSR count). The lowest BCUT2D eigenvalue weighted by molar-refractivity contribution is 0.584. The van der Waals surface area contributed by atoms with Crippen LogP contribution < -0.4 is 0 Å². The second-order valence-electron chi connectivity index (χ2n) is 16.5. The second kappa shape index (κ2) is 14.5. The molecule has 2 heteroatoms. The van der Waals surface area contributed by atoms with E-state index in [-0.39, 0.29) is 0 Å². The molecule has 0 aromatic heterocycles. The third-order valence-electron chi connectivity index (χ3n) is 13.0. The van der Waals surface area contributed by atoms with Gasteiger partial charge in [-0.05, 0) is 164 Å². The van der Waals surface area contributed by atoms with E-state index in [9.17, 15) is 8.78 Å². The molecule has 0 nitrogen and oxygen atoms in total. The van der Waals surface area contributed by atoms with Crippen molar-refractivity contribution in [2.24, 2.45) is 0 Å². The fourth-order valence-electron chi connectivity index (χ4n) is 10.2. The van der Waals surface area contributed by atoms with Crippen molar-refractivity contribution in [1.29, 1.82) is 0 Å². The van der Waals surface area contributed by atoms with Gasteiger partial charge in [-0.25, -0.2) is 8.78 Å². The van der Waals surface area contributed by atoms with Crippen LogP contribution in [0.4, 0.5) is 8.78 Å². The first-order chi connectivity index (χ1) is 30.6. The Morgan fingerprint density at radius 2 is 0.774 bits per heavy atom.